The van der Waals surface area contributed by atoms with E-state index in [0.717, 1.165) is 24.0 Å². The van der Waals surface area contributed by atoms with Crippen LogP contribution in [0.15, 0.2) is 24.3 Å². The Balaban J connectivity index is 1.99. The minimum atomic E-state index is -3.47. The molecule has 0 aliphatic carbocycles. The molecule has 1 aromatic carbocycles. The molecule has 1 aliphatic rings. The van der Waals surface area contributed by atoms with Crippen molar-refractivity contribution in [1.82, 2.24) is 9.03 Å². The molecule has 1 unspecified atom stereocenters. The van der Waals surface area contributed by atoms with Crippen LogP contribution in [0.1, 0.15) is 36.9 Å². The first-order valence-electron chi connectivity index (χ1n) is 7.37. The Morgan fingerprint density at radius 1 is 1.29 bits per heavy atom. The first-order valence-corrected chi connectivity index (χ1v) is 8.81. The van der Waals surface area contributed by atoms with Crippen molar-refractivity contribution in [3.8, 4) is 0 Å². The van der Waals surface area contributed by atoms with Crippen molar-refractivity contribution in [1.29, 1.82) is 0 Å². The maximum atomic E-state index is 12.4. The molecule has 1 aliphatic heterocycles. The first-order chi connectivity index (χ1) is 9.92. The van der Waals surface area contributed by atoms with Crippen LogP contribution >= 0.6 is 0 Å². The highest BCUT2D eigenvalue weighted by Gasteiger charge is 2.28. The predicted molar refractivity (Wildman–Crippen MR) is 83.0 cm³/mol. The van der Waals surface area contributed by atoms with E-state index in [1.54, 1.807) is 0 Å². The van der Waals surface area contributed by atoms with Crippen molar-refractivity contribution in [3.63, 3.8) is 0 Å². The fourth-order valence-corrected chi connectivity index (χ4v) is 3.98. The van der Waals surface area contributed by atoms with Gasteiger partial charge in [0, 0.05) is 25.7 Å². The molecule has 5 nitrogen and oxygen atoms in total. The summed E-state index contributed by atoms with van der Waals surface area (Å²) in [6.45, 7) is 4.94. The highest BCUT2D eigenvalue weighted by molar-refractivity contribution is 7.87. The molecule has 0 saturated carbocycles. The standard InChI is InChI=1S/C15H24N2O3S/c1-12-3-5-15(6-4-12)13(2)16-21(19,20)17-9-7-14(11-18)8-10-17/h3-6,13-14,16,18H,7-11H2,1-2H3. The number of aryl methyl sites for hydroxylation is 1. The lowest BCUT2D eigenvalue weighted by atomic mass is 10.00. The quantitative estimate of drug-likeness (QED) is 0.867. The highest BCUT2D eigenvalue weighted by Crippen LogP contribution is 2.20. The van der Waals surface area contributed by atoms with E-state index < -0.39 is 10.2 Å². The van der Waals surface area contributed by atoms with Crippen LogP contribution in [-0.4, -0.2) is 37.5 Å². The van der Waals surface area contributed by atoms with Crippen molar-refractivity contribution in [2.24, 2.45) is 5.92 Å². The summed E-state index contributed by atoms with van der Waals surface area (Å²) in [5, 5.41) is 9.11. The van der Waals surface area contributed by atoms with Gasteiger partial charge in [0.05, 0.1) is 0 Å². The summed E-state index contributed by atoms with van der Waals surface area (Å²) in [4.78, 5) is 0. The molecule has 0 radical (unpaired) electrons. The van der Waals surface area contributed by atoms with Gasteiger partial charge >= 0.3 is 0 Å². The van der Waals surface area contributed by atoms with Crippen molar-refractivity contribution < 1.29 is 13.5 Å². The molecule has 118 valence electrons. The molecule has 0 spiro atoms. The number of rotatable bonds is 5. The first kappa shape index (κ1) is 16.4. The normalized spacial score (nSPS) is 19.6. The lowest BCUT2D eigenvalue weighted by molar-refractivity contribution is 0.169. The number of hydrogen-bond acceptors (Lipinski definition) is 3. The average molecular weight is 312 g/mol. The van der Waals surface area contributed by atoms with Gasteiger partial charge in [0.2, 0.25) is 0 Å². The van der Waals surface area contributed by atoms with Crippen molar-refractivity contribution in [3.05, 3.63) is 35.4 Å². The second kappa shape index (κ2) is 6.87. The molecule has 1 atom stereocenters. The van der Waals surface area contributed by atoms with Crippen LogP contribution < -0.4 is 4.72 Å². The average Bonchev–Trinajstić information content (AvgIpc) is 2.47. The SMILES string of the molecule is Cc1ccc(C(C)NS(=O)(=O)N2CCC(CO)CC2)cc1. The minimum absolute atomic E-state index is 0.140. The van der Waals surface area contributed by atoms with Crippen molar-refractivity contribution in [2.75, 3.05) is 19.7 Å². The van der Waals surface area contributed by atoms with E-state index >= 15 is 0 Å². The number of nitrogens with one attached hydrogen (secondary N) is 1. The summed E-state index contributed by atoms with van der Waals surface area (Å²) in [6, 6.07) is 7.59. The zero-order valence-electron chi connectivity index (χ0n) is 12.6. The maximum Gasteiger partial charge on any atom is 0.279 e. The number of aliphatic hydroxyl groups excluding tert-OH is 1. The Labute approximate surface area is 127 Å². The third-order valence-corrected chi connectivity index (χ3v) is 5.77. The van der Waals surface area contributed by atoms with Gasteiger partial charge in [-0.05, 0) is 38.2 Å². The summed E-state index contributed by atoms with van der Waals surface area (Å²) < 4.78 is 29.0. The fraction of sp³-hybridized carbons (Fsp3) is 0.600. The van der Waals surface area contributed by atoms with E-state index in [-0.39, 0.29) is 18.6 Å². The van der Waals surface area contributed by atoms with E-state index in [9.17, 15) is 8.42 Å². The van der Waals surface area contributed by atoms with Crippen LogP contribution in [0.25, 0.3) is 0 Å². The van der Waals surface area contributed by atoms with Crippen LogP contribution in [0, 0.1) is 12.8 Å². The van der Waals surface area contributed by atoms with E-state index in [4.69, 9.17) is 5.11 Å². The summed E-state index contributed by atoms with van der Waals surface area (Å²) in [7, 11) is -3.47. The van der Waals surface area contributed by atoms with Crippen LogP contribution in [0.2, 0.25) is 0 Å². The van der Waals surface area contributed by atoms with Gasteiger partial charge in [-0.3, -0.25) is 0 Å². The van der Waals surface area contributed by atoms with Gasteiger partial charge in [0.15, 0.2) is 0 Å². The largest absolute Gasteiger partial charge is 0.396 e. The second-order valence-corrected chi connectivity index (χ2v) is 7.48. The van der Waals surface area contributed by atoms with Gasteiger partial charge in [-0.15, -0.1) is 0 Å². The molecule has 6 heteroatoms. The van der Waals surface area contributed by atoms with Crippen molar-refractivity contribution >= 4 is 10.2 Å². The van der Waals surface area contributed by atoms with E-state index in [2.05, 4.69) is 4.72 Å². The maximum absolute atomic E-state index is 12.4. The van der Waals surface area contributed by atoms with Gasteiger partial charge in [0.25, 0.3) is 10.2 Å². The number of aliphatic hydroxyl groups is 1. The van der Waals surface area contributed by atoms with Crippen LogP contribution in [0.5, 0.6) is 0 Å². The Morgan fingerprint density at radius 3 is 2.38 bits per heavy atom. The fourth-order valence-electron chi connectivity index (χ4n) is 2.55. The van der Waals surface area contributed by atoms with Crippen molar-refractivity contribution in [2.45, 2.75) is 32.7 Å². The minimum Gasteiger partial charge on any atom is -0.396 e. The summed E-state index contributed by atoms with van der Waals surface area (Å²) in [6.07, 6.45) is 1.44. The Kier molecular flexibility index (Phi) is 5.37. The smallest absolute Gasteiger partial charge is 0.279 e. The van der Waals surface area contributed by atoms with Crippen LogP contribution in [-0.2, 0) is 10.2 Å². The zero-order valence-corrected chi connectivity index (χ0v) is 13.4. The molecule has 1 aromatic rings. The zero-order chi connectivity index (χ0) is 15.5. The molecule has 0 amide bonds. The molecule has 21 heavy (non-hydrogen) atoms. The Hall–Kier alpha value is -0.950. The van der Waals surface area contributed by atoms with Crippen LogP contribution in [0.4, 0.5) is 0 Å². The number of piperidine rings is 1. The lowest BCUT2D eigenvalue weighted by Crippen LogP contribution is -2.46. The van der Waals surface area contributed by atoms with Gasteiger partial charge < -0.3 is 5.11 Å². The number of hydrogen-bond donors (Lipinski definition) is 2. The van der Waals surface area contributed by atoms with Gasteiger partial charge in [-0.1, -0.05) is 29.8 Å². The molecule has 2 N–H and O–H groups in total. The van der Waals surface area contributed by atoms with E-state index in [1.807, 2.05) is 38.1 Å². The van der Waals surface area contributed by atoms with E-state index in [1.165, 1.54) is 4.31 Å². The number of nitrogens with zero attached hydrogens (tertiary/aromatic N) is 1. The molecule has 2 rings (SSSR count). The molecule has 1 heterocycles. The van der Waals surface area contributed by atoms with E-state index in [0.29, 0.717) is 13.1 Å². The monoisotopic (exact) mass is 312 g/mol. The van der Waals surface area contributed by atoms with Crippen LogP contribution in [0.3, 0.4) is 0 Å². The summed E-state index contributed by atoms with van der Waals surface area (Å²) in [5.74, 6) is 0.228. The topological polar surface area (TPSA) is 69.6 Å². The van der Waals surface area contributed by atoms with Gasteiger partial charge in [0.1, 0.15) is 0 Å². The molecule has 1 saturated heterocycles. The third-order valence-electron chi connectivity index (χ3n) is 4.07. The molecular formula is C15H24N2O3S. The second-order valence-electron chi connectivity index (χ2n) is 5.78. The summed E-state index contributed by atoms with van der Waals surface area (Å²) in [5.41, 5.74) is 2.11. The Morgan fingerprint density at radius 2 is 1.86 bits per heavy atom. The Bertz CT molecular complexity index is 549. The van der Waals surface area contributed by atoms with Gasteiger partial charge in [-0.2, -0.15) is 17.4 Å². The molecule has 0 bridgehead atoms. The third kappa shape index (κ3) is 4.26. The molecule has 0 aromatic heterocycles. The summed E-state index contributed by atoms with van der Waals surface area (Å²) >= 11 is 0. The van der Waals surface area contributed by atoms with Gasteiger partial charge in [-0.25, -0.2) is 0 Å². The lowest BCUT2D eigenvalue weighted by Gasteiger charge is -2.31. The predicted octanol–water partition coefficient (Wildman–Crippen LogP) is 1.59. The number of benzene rings is 1. The highest BCUT2D eigenvalue weighted by atomic mass is 32.2. The molecular weight excluding hydrogens is 288 g/mol. The molecule has 1 fully saturated rings.